The van der Waals surface area contributed by atoms with Gasteiger partial charge in [-0.2, -0.15) is 0 Å². The van der Waals surface area contributed by atoms with E-state index in [2.05, 4.69) is 25.9 Å². The highest BCUT2D eigenvalue weighted by atomic mass is 79.9. The predicted octanol–water partition coefficient (Wildman–Crippen LogP) is 1.59. The maximum atomic E-state index is 11.3. The molecule has 0 aliphatic rings. The number of nitro groups is 1. The number of hydrogen-bond donors (Lipinski definition) is 1. The zero-order valence-electron chi connectivity index (χ0n) is 7.23. The van der Waals surface area contributed by atoms with E-state index in [0.717, 1.165) is 6.33 Å². The number of H-pyrrole nitrogens is 1. The van der Waals surface area contributed by atoms with Gasteiger partial charge in [-0.25, -0.2) is 4.98 Å². The fraction of sp³-hybridized carbons (Fsp3) is 0. The van der Waals surface area contributed by atoms with Crippen molar-refractivity contribution in [2.75, 3.05) is 0 Å². The Bertz CT molecular complexity index is 608. The molecule has 0 atom stereocenters. The highest BCUT2D eigenvalue weighted by molar-refractivity contribution is 9.10. The van der Waals surface area contributed by atoms with Gasteiger partial charge in [-0.1, -0.05) is 0 Å². The molecule has 1 heterocycles. The molecule has 0 saturated carbocycles. The van der Waals surface area contributed by atoms with Crippen molar-refractivity contribution < 1.29 is 4.92 Å². The lowest BCUT2D eigenvalue weighted by Crippen LogP contribution is -2.07. The second-order valence-corrected chi connectivity index (χ2v) is 3.64. The van der Waals surface area contributed by atoms with E-state index in [0.29, 0.717) is 4.47 Å². The van der Waals surface area contributed by atoms with Gasteiger partial charge < -0.3 is 4.98 Å². The molecular formula is C8H4BrN3O3. The zero-order valence-corrected chi connectivity index (χ0v) is 8.82. The molecule has 2 rings (SSSR count). The van der Waals surface area contributed by atoms with Crippen molar-refractivity contribution >= 4 is 32.5 Å². The van der Waals surface area contributed by atoms with E-state index in [1.807, 2.05) is 0 Å². The summed E-state index contributed by atoms with van der Waals surface area (Å²) in [5, 5.41) is 11.0. The summed E-state index contributed by atoms with van der Waals surface area (Å²) in [6.45, 7) is 0. The van der Waals surface area contributed by atoms with Crippen molar-refractivity contribution in [1.29, 1.82) is 0 Å². The van der Waals surface area contributed by atoms with Crippen LogP contribution in [0.1, 0.15) is 0 Å². The quantitative estimate of drug-likeness (QED) is 0.629. The van der Waals surface area contributed by atoms with Crippen molar-refractivity contribution in [2.24, 2.45) is 0 Å². The second kappa shape index (κ2) is 3.43. The van der Waals surface area contributed by atoms with Gasteiger partial charge in [-0.05, 0) is 28.1 Å². The Morgan fingerprint density at radius 2 is 2.20 bits per heavy atom. The van der Waals surface area contributed by atoms with Crippen molar-refractivity contribution in [2.45, 2.75) is 0 Å². The monoisotopic (exact) mass is 269 g/mol. The van der Waals surface area contributed by atoms with Gasteiger partial charge in [0.05, 0.1) is 21.1 Å². The molecule has 0 radical (unpaired) electrons. The molecule has 0 bridgehead atoms. The number of nitrogens with one attached hydrogen (secondary N) is 1. The Kier molecular flexibility index (Phi) is 2.24. The number of aromatic amines is 1. The first-order chi connectivity index (χ1) is 7.11. The first-order valence-electron chi connectivity index (χ1n) is 3.91. The van der Waals surface area contributed by atoms with E-state index < -0.39 is 10.5 Å². The van der Waals surface area contributed by atoms with Crippen LogP contribution in [0.25, 0.3) is 10.9 Å². The van der Waals surface area contributed by atoms with Crippen molar-refractivity contribution in [1.82, 2.24) is 9.97 Å². The molecule has 0 saturated heterocycles. The minimum Gasteiger partial charge on any atom is -0.313 e. The summed E-state index contributed by atoms with van der Waals surface area (Å²) in [5.41, 5.74) is -0.507. The molecule has 0 unspecified atom stereocenters. The molecule has 1 aromatic heterocycles. The third-order valence-electron chi connectivity index (χ3n) is 1.92. The lowest BCUT2D eigenvalue weighted by Gasteiger charge is -1.98. The highest BCUT2D eigenvalue weighted by Gasteiger charge is 2.18. The number of nitro benzene ring substituents is 1. The third-order valence-corrected chi connectivity index (χ3v) is 2.56. The number of nitrogens with zero attached hydrogens (tertiary/aromatic N) is 2. The Morgan fingerprint density at radius 3 is 2.87 bits per heavy atom. The van der Waals surface area contributed by atoms with Crippen LogP contribution in [-0.4, -0.2) is 14.9 Å². The van der Waals surface area contributed by atoms with Crippen LogP contribution in [0.2, 0.25) is 0 Å². The van der Waals surface area contributed by atoms with Gasteiger partial charge in [0.2, 0.25) is 0 Å². The molecule has 1 N–H and O–H groups in total. The first-order valence-corrected chi connectivity index (χ1v) is 4.71. The minimum atomic E-state index is -0.571. The van der Waals surface area contributed by atoms with Gasteiger partial charge in [-0.3, -0.25) is 14.9 Å². The maximum absolute atomic E-state index is 11.3. The number of fused-ring (bicyclic) bond motifs is 1. The highest BCUT2D eigenvalue weighted by Crippen LogP contribution is 2.30. The first kappa shape index (κ1) is 9.78. The lowest BCUT2D eigenvalue weighted by atomic mass is 10.2. The van der Waals surface area contributed by atoms with Crippen molar-refractivity contribution in [3.05, 3.63) is 43.4 Å². The van der Waals surface area contributed by atoms with Crippen LogP contribution in [0, 0.1) is 10.1 Å². The lowest BCUT2D eigenvalue weighted by molar-refractivity contribution is -0.384. The third kappa shape index (κ3) is 1.50. The fourth-order valence-electron chi connectivity index (χ4n) is 1.28. The average molecular weight is 270 g/mol. The van der Waals surface area contributed by atoms with E-state index in [4.69, 9.17) is 0 Å². The average Bonchev–Trinajstić information content (AvgIpc) is 2.17. The van der Waals surface area contributed by atoms with E-state index in [-0.39, 0.29) is 16.6 Å². The van der Waals surface area contributed by atoms with Gasteiger partial charge >= 0.3 is 5.69 Å². The molecule has 0 amide bonds. The standard InChI is InChI=1S/C8H4BrN3O3/c9-5-2-1-4-6(7(5)12(14)15)10-3-11-8(4)13/h1-3H,(H,10,11,13). The molecule has 2 aromatic rings. The zero-order chi connectivity index (χ0) is 11.0. The van der Waals surface area contributed by atoms with E-state index >= 15 is 0 Å². The molecule has 1 aromatic carbocycles. The van der Waals surface area contributed by atoms with E-state index in [9.17, 15) is 14.9 Å². The summed E-state index contributed by atoms with van der Waals surface area (Å²) in [6.07, 6.45) is 1.14. The maximum Gasteiger partial charge on any atom is 0.309 e. The molecule has 0 spiro atoms. The van der Waals surface area contributed by atoms with E-state index in [1.165, 1.54) is 12.1 Å². The Balaban J connectivity index is 3.01. The molecule has 15 heavy (non-hydrogen) atoms. The van der Waals surface area contributed by atoms with Crippen LogP contribution in [0.15, 0.2) is 27.7 Å². The van der Waals surface area contributed by atoms with Gasteiger partial charge in [0.15, 0.2) is 5.52 Å². The normalized spacial score (nSPS) is 10.5. The molecule has 0 aliphatic heterocycles. The number of benzene rings is 1. The van der Waals surface area contributed by atoms with Crippen LogP contribution in [0.4, 0.5) is 5.69 Å². The summed E-state index contributed by atoms with van der Waals surface area (Å²) in [4.78, 5) is 27.7. The molecule has 6 nitrogen and oxygen atoms in total. The smallest absolute Gasteiger partial charge is 0.309 e. The Labute approximate surface area is 91.2 Å². The Hall–Kier alpha value is -1.76. The number of aromatic nitrogens is 2. The van der Waals surface area contributed by atoms with Crippen LogP contribution in [0.5, 0.6) is 0 Å². The fourth-order valence-corrected chi connectivity index (χ4v) is 1.74. The molecule has 0 fully saturated rings. The predicted molar refractivity (Wildman–Crippen MR) is 56.7 cm³/mol. The molecule has 76 valence electrons. The van der Waals surface area contributed by atoms with Crippen LogP contribution >= 0.6 is 15.9 Å². The molecule has 0 aliphatic carbocycles. The molecular weight excluding hydrogens is 266 g/mol. The van der Waals surface area contributed by atoms with Gasteiger partial charge in [0, 0.05) is 0 Å². The van der Waals surface area contributed by atoms with Crippen molar-refractivity contribution in [3.63, 3.8) is 0 Å². The summed E-state index contributed by atoms with van der Waals surface area (Å²) < 4.78 is 0.304. The van der Waals surface area contributed by atoms with Crippen LogP contribution < -0.4 is 5.56 Å². The minimum absolute atomic E-state index is 0.0816. The summed E-state index contributed by atoms with van der Waals surface area (Å²) in [5.74, 6) is 0. The number of hydrogen-bond acceptors (Lipinski definition) is 4. The SMILES string of the molecule is O=c1[nH]cnc2c([N+](=O)[O-])c(Br)ccc12. The summed E-state index contributed by atoms with van der Waals surface area (Å²) >= 11 is 3.05. The summed E-state index contributed by atoms with van der Waals surface area (Å²) in [7, 11) is 0. The van der Waals surface area contributed by atoms with Crippen LogP contribution in [0.3, 0.4) is 0 Å². The van der Waals surface area contributed by atoms with Gasteiger partial charge in [-0.15, -0.1) is 0 Å². The molecule has 7 heteroatoms. The van der Waals surface area contributed by atoms with Crippen LogP contribution in [-0.2, 0) is 0 Å². The van der Waals surface area contributed by atoms with Gasteiger partial charge in [0.25, 0.3) is 5.56 Å². The number of halogens is 1. The van der Waals surface area contributed by atoms with Crippen molar-refractivity contribution in [3.8, 4) is 0 Å². The Morgan fingerprint density at radius 1 is 1.47 bits per heavy atom. The largest absolute Gasteiger partial charge is 0.313 e. The number of rotatable bonds is 1. The second-order valence-electron chi connectivity index (χ2n) is 2.78. The van der Waals surface area contributed by atoms with Gasteiger partial charge in [0.1, 0.15) is 0 Å². The van der Waals surface area contributed by atoms with E-state index in [1.54, 1.807) is 0 Å². The summed E-state index contributed by atoms with van der Waals surface area (Å²) in [6, 6.07) is 2.94. The topological polar surface area (TPSA) is 88.9 Å².